The monoisotopic (exact) mass is 385 g/mol. The van der Waals surface area contributed by atoms with Gasteiger partial charge in [-0.25, -0.2) is 4.98 Å². The Balaban J connectivity index is 1.14. The number of β-amino-alcohol motifs (C(OH)–C–C–N with tert-alkyl or cyclic N) is 1. The van der Waals surface area contributed by atoms with Crippen molar-refractivity contribution in [2.75, 3.05) is 57.4 Å². The number of rotatable bonds is 7. The second-order valence-electron chi connectivity index (χ2n) is 7.16. The summed E-state index contributed by atoms with van der Waals surface area (Å²) in [6.07, 6.45) is 1.16. The molecule has 0 saturated carbocycles. The smallest absolute Gasteiger partial charge is 0.161 e. The van der Waals surface area contributed by atoms with Crippen LogP contribution in [-0.2, 0) is 4.74 Å². The number of hydrogen-bond donors (Lipinski definition) is 1. The van der Waals surface area contributed by atoms with Crippen LogP contribution in [0.4, 0.5) is 5.82 Å². The molecule has 150 valence electrons. The maximum absolute atomic E-state index is 10.3. The molecular formula is C21H27N3O4. The zero-order valence-corrected chi connectivity index (χ0v) is 15.9. The summed E-state index contributed by atoms with van der Waals surface area (Å²) in [6.45, 7) is 5.41. The second kappa shape index (κ2) is 9.23. The molecule has 7 nitrogen and oxygen atoms in total. The SMILES string of the molecule is O[C@@H](COC[C@@H]1COc2ccccc2O1)CN1CCN(c2ccccn2)CC1. The molecule has 1 aromatic carbocycles. The van der Waals surface area contributed by atoms with Gasteiger partial charge >= 0.3 is 0 Å². The summed E-state index contributed by atoms with van der Waals surface area (Å²) in [4.78, 5) is 8.95. The summed E-state index contributed by atoms with van der Waals surface area (Å²) >= 11 is 0. The molecule has 0 unspecified atom stereocenters. The molecule has 7 heteroatoms. The summed E-state index contributed by atoms with van der Waals surface area (Å²) in [7, 11) is 0. The first-order valence-electron chi connectivity index (χ1n) is 9.80. The Kier molecular flexibility index (Phi) is 6.26. The molecule has 0 aliphatic carbocycles. The maximum Gasteiger partial charge on any atom is 0.161 e. The number of para-hydroxylation sites is 2. The molecule has 2 aliphatic heterocycles. The molecule has 2 aliphatic rings. The topological polar surface area (TPSA) is 67.3 Å². The van der Waals surface area contributed by atoms with Crippen molar-refractivity contribution in [1.82, 2.24) is 9.88 Å². The molecule has 0 radical (unpaired) electrons. The van der Waals surface area contributed by atoms with Crippen LogP contribution in [0.25, 0.3) is 0 Å². The molecule has 1 fully saturated rings. The van der Waals surface area contributed by atoms with Crippen molar-refractivity contribution in [1.29, 1.82) is 0 Å². The third-order valence-electron chi connectivity index (χ3n) is 5.00. The number of nitrogens with zero attached hydrogens (tertiary/aromatic N) is 3. The fourth-order valence-corrected chi connectivity index (χ4v) is 3.53. The number of anilines is 1. The normalized spacial score (nSPS) is 20.8. The quantitative estimate of drug-likeness (QED) is 0.773. The first kappa shape index (κ1) is 19.0. The zero-order chi connectivity index (χ0) is 19.2. The van der Waals surface area contributed by atoms with Gasteiger partial charge in [0.1, 0.15) is 12.4 Å². The van der Waals surface area contributed by atoms with Gasteiger partial charge in [-0.1, -0.05) is 18.2 Å². The van der Waals surface area contributed by atoms with Crippen molar-refractivity contribution < 1.29 is 19.3 Å². The second-order valence-corrected chi connectivity index (χ2v) is 7.16. The Morgan fingerprint density at radius 1 is 1.07 bits per heavy atom. The van der Waals surface area contributed by atoms with Crippen LogP contribution in [0.1, 0.15) is 0 Å². The summed E-state index contributed by atoms with van der Waals surface area (Å²) < 4.78 is 17.2. The third-order valence-corrected chi connectivity index (χ3v) is 5.00. The number of aliphatic hydroxyl groups is 1. The minimum absolute atomic E-state index is 0.149. The average molecular weight is 385 g/mol. The number of piperazine rings is 1. The van der Waals surface area contributed by atoms with Crippen LogP contribution in [0.5, 0.6) is 11.5 Å². The Bertz CT molecular complexity index is 737. The highest BCUT2D eigenvalue weighted by molar-refractivity contribution is 5.40. The predicted molar refractivity (Wildman–Crippen MR) is 106 cm³/mol. The van der Waals surface area contributed by atoms with Gasteiger partial charge in [0, 0.05) is 38.9 Å². The van der Waals surface area contributed by atoms with Crippen molar-refractivity contribution in [2.45, 2.75) is 12.2 Å². The molecule has 2 aromatic rings. The van der Waals surface area contributed by atoms with Gasteiger partial charge in [-0.3, -0.25) is 4.90 Å². The lowest BCUT2D eigenvalue weighted by Gasteiger charge is -2.36. The van der Waals surface area contributed by atoms with Crippen LogP contribution in [0.3, 0.4) is 0 Å². The highest BCUT2D eigenvalue weighted by Gasteiger charge is 2.22. The number of ether oxygens (including phenoxy) is 3. The van der Waals surface area contributed by atoms with E-state index >= 15 is 0 Å². The van der Waals surface area contributed by atoms with Gasteiger partial charge in [0.05, 0.1) is 19.3 Å². The fraction of sp³-hybridized carbons (Fsp3) is 0.476. The van der Waals surface area contributed by atoms with Crippen molar-refractivity contribution in [3.8, 4) is 11.5 Å². The van der Waals surface area contributed by atoms with E-state index in [0.29, 0.717) is 26.4 Å². The van der Waals surface area contributed by atoms with Gasteiger partial charge in [0.25, 0.3) is 0 Å². The van der Waals surface area contributed by atoms with Crippen LogP contribution < -0.4 is 14.4 Å². The molecule has 3 heterocycles. The first-order valence-corrected chi connectivity index (χ1v) is 9.80. The molecule has 0 bridgehead atoms. The van der Waals surface area contributed by atoms with Gasteiger partial charge in [0.2, 0.25) is 0 Å². The fourth-order valence-electron chi connectivity index (χ4n) is 3.53. The molecule has 2 atom stereocenters. The summed E-state index contributed by atoms with van der Waals surface area (Å²) in [6, 6.07) is 13.6. The van der Waals surface area contributed by atoms with Crippen LogP contribution in [0.2, 0.25) is 0 Å². The van der Waals surface area contributed by atoms with Gasteiger partial charge in [-0.05, 0) is 24.3 Å². The summed E-state index contributed by atoms with van der Waals surface area (Å²) in [5, 5.41) is 10.3. The van der Waals surface area contributed by atoms with E-state index in [-0.39, 0.29) is 6.10 Å². The van der Waals surface area contributed by atoms with Gasteiger partial charge < -0.3 is 24.2 Å². The Labute approximate surface area is 165 Å². The van der Waals surface area contributed by atoms with E-state index in [1.165, 1.54) is 0 Å². The largest absolute Gasteiger partial charge is 0.486 e. The standard InChI is InChI=1S/C21H27N3O4/c25-17(13-23-9-11-24(12-10-23)21-7-3-4-8-22-21)14-26-15-18-16-27-19-5-1-2-6-20(19)28-18/h1-8,17-18,25H,9-16H2/t17-,18-/m1/s1. The lowest BCUT2D eigenvalue weighted by molar-refractivity contribution is -0.0292. The van der Waals surface area contributed by atoms with E-state index in [1.807, 2.05) is 48.7 Å². The molecule has 1 N–H and O–H groups in total. The third kappa shape index (κ3) is 4.92. The van der Waals surface area contributed by atoms with Crippen molar-refractivity contribution in [2.24, 2.45) is 0 Å². The maximum atomic E-state index is 10.3. The number of aromatic nitrogens is 1. The minimum atomic E-state index is -0.516. The molecule has 0 amide bonds. The Morgan fingerprint density at radius 2 is 1.86 bits per heavy atom. The number of benzene rings is 1. The number of fused-ring (bicyclic) bond motifs is 1. The number of pyridine rings is 1. The van der Waals surface area contributed by atoms with E-state index in [0.717, 1.165) is 43.5 Å². The number of hydrogen-bond acceptors (Lipinski definition) is 7. The van der Waals surface area contributed by atoms with E-state index < -0.39 is 6.10 Å². The van der Waals surface area contributed by atoms with Gasteiger partial charge in [0.15, 0.2) is 17.6 Å². The van der Waals surface area contributed by atoms with Crippen LogP contribution in [0, 0.1) is 0 Å². The Morgan fingerprint density at radius 3 is 2.64 bits per heavy atom. The zero-order valence-electron chi connectivity index (χ0n) is 15.9. The van der Waals surface area contributed by atoms with Crippen molar-refractivity contribution >= 4 is 5.82 Å². The highest BCUT2D eigenvalue weighted by atomic mass is 16.6. The number of aliphatic hydroxyl groups excluding tert-OH is 1. The van der Waals surface area contributed by atoms with Crippen molar-refractivity contribution in [3.05, 3.63) is 48.7 Å². The molecule has 0 spiro atoms. The van der Waals surface area contributed by atoms with E-state index in [9.17, 15) is 5.11 Å². The lowest BCUT2D eigenvalue weighted by Crippen LogP contribution is -2.49. The van der Waals surface area contributed by atoms with Crippen LogP contribution >= 0.6 is 0 Å². The molecular weight excluding hydrogens is 358 g/mol. The Hall–Kier alpha value is -2.35. The highest BCUT2D eigenvalue weighted by Crippen LogP contribution is 2.30. The minimum Gasteiger partial charge on any atom is -0.486 e. The molecule has 4 rings (SSSR count). The predicted octanol–water partition coefficient (Wildman–Crippen LogP) is 1.42. The van der Waals surface area contributed by atoms with E-state index in [4.69, 9.17) is 14.2 Å². The average Bonchev–Trinajstić information content (AvgIpc) is 2.75. The lowest BCUT2D eigenvalue weighted by atomic mass is 10.2. The van der Waals surface area contributed by atoms with Gasteiger partial charge in [-0.2, -0.15) is 0 Å². The molecule has 1 saturated heterocycles. The van der Waals surface area contributed by atoms with E-state index in [1.54, 1.807) is 0 Å². The van der Waals surface area contributed by atoms with Crippen LogP contribution in [0.15, 0.2) is 48.7 Å². The summed E-state index contributed by atoms with van der Waals surface area (Å²) in [5.74, 6) is 2.53. The van der Waals surface area contributed by atoms with Crippen LogP contribution in [-0.4, -0.2) is 79.7 Å². The first-order chi connectivity index (χ1) is 13.8. The van der Waals surface area contributed by atoms with E-state index in [2.05, 4.69) is 14.8 Å². The van der Waals surface area contributed by atoms with Gasteiger partial charge in [-0.15, -0.1) is 0 Å². The molecule has 28 heavy (non-hydrogen) atoms. The summed E-state index contributed by atoms with van der Waals surface area (Å²) in [5.41, 5.74) is 0. The van der Waals surface area contributed by atoms with Crippen molar-refractivity contribution in [3.63, 3.8) is 0 Å². The molecule has 1 aromatic heterocycles.